The zero-order valence-electron chi connectivity index (χ0n) is 10.4. The maximum absolute atomic E-state index is 5.44. The summed E-state index contributed by atoms with van der Waals surface area (Å²) in [6, 6.07) is 0.676. The Bertz CT molecular complexity index is 186. The second-order valence-corrected chi connectivity index (χ2v) is 5.24. The highest BCUT2D eigenvalue weighted by Crippen LogP contribution is 2.25. The molecule has 0 aliphatic carbocycles. The molecule has 3 nitrogen and oxygen atoms in total. The quantitative estimate of drug-likeness (QED) is 0.777. The first-order valence-corrected chi connectivity index (χ1v) is 6.71. The van der Waals surface area contributed by atoms with Crippen LogP contribution in [0.1, 0.15) is 32.1 Å². The molecule has 0 amide bonds. The number of nitrogens with one attached hydrogen (secondary N) is 1. The minimum Gasteiger partial charge on any atom is -0.381 e. The molecule has 0 saturated carbocycles. The smallest absolute Gasteiger partial charge is 0.0495 e. The lowest BCUT2D eigenvalue weighted by molar-refractivity contribution is 0.0597. The third-order valence-corrected chi connectivity index (χ3v) is 4.01. The molecule has 3 heteroatoms. The lowest BCUT2D eigenvalue weighted by atomic mass is 9.88. The van der Waals surface area contributed by atoms with Gasteiger partial charge < -0.3 is 14.8 Å². The zero-order valence-corrected chi connectivity index (χ0v) is 10.4. The fourth-order valence-electron chi connectivity index (χ4n) is 2.89. The van der Waals surface area contributed by atoms with E-state index in [1.165, 1.54) is 32.1 Å². The van der Waals surface area contributed by atoms with Crippen LogP contribution >= 0.6 is 0 Å². The third-order valence-electron chi connectivity index (χ3n) is 4.01. The minimum atomic E-state index is 0.676. The van der Waals surface area contributed by atoms with Crippen LogP contribution in [0.4, 0.5) is 0 Å². The van der Waals surface area contributed by atoms with Gasteiger partial charge in [0.2, 0.25) is 0 Å². The van der Waals surface area contributed by atoms with Gasteiger partial charge in [-0.25, -0.2) is 0 Å². The van der Waals surface area contributed by atoms with Crippen molar-refractivity contribution in [2.45, 2.75) is 38.1 Å². The molecule has 94 valence electrons. The largest absolute Gasteiger partial charge is 0.381 e. The van der Waals surface area contributed by atoms with Gasteiger partial charge >= 0.3 is 0 Å². The molecule has 0 bridgehead atoms. The number of rotatable bonds is 5. The Balaban J connectivity index is 1.70. The van der Waals surface area contributed by atoms with E-state index in [-0.39, 0.29) is 0 Å². The summed E-state index contributed by atoms with van der Waals surface area (Å²) in [5.41, 5.74) is 0. The highest BCUT2D eigenvalue weighted by molar-refractivity contribution is 4.77. The highest BCUT2D eigenvalue weighted by atomic mass is 16.5. The van der Waals surface area contributed by atoms with Crippen LogP contribution in [0.25, 0.3) is 0 Å². The van der Waals surface area contributed by atoms with Crippen molar-refractivity contribution in [1.82, 2.24) is 5.32 Å². The summed E-state index contributed by atoms with van der Waals surface area (Å²) in [4.78, 5) is 0. The van der Waals surface area contributed by atoms with E-state index in [1.807, 2.05) is 0 Å². The minimum absolute atomic E-state index is 0.676. The van der Waals surface area contributed by atoms with E-state index in [4.69, 9.17) is 9.47 Å². The molecule has 2 saturated heterocycles. The molecular weight excluding hydrogens is 202 g/mol. The normalized spacial score (nSPS) is 29.4. The summed E-state index contributed by atoms with van der Waals surface area (Å²) in [5.74, 6) is 1.66. The predicted octanol–water partition coefficient (Wildman–Crippen LogP) is 1.82. The fraction of sp³-hybridized carbons (Fsp3) is 1.00. The Morgan fingerprint density at radius 3 is 2.25 bits per heavy atom. The summed E-state index contributed by atoms with van der Waals surface area (Å²) < 4.78 is 10.9. The van der Waals surface area contributed by atoms with Gasteiger partial charge in [-0.05, 0) is 51.0 Å². The molecule has 2 heterocycles. The van der Waals surface area contributed by atoms with E-state index in [0.29, 0.717) is 6.04 Å². The van der Waals surface area contributed by atoms with Crippen molar-refractivity contribution in [2.75, 3.05) is 33.5 Å². The molecule has 0 aromatic carbocycles. The second kappa shape index (κ2) is 6.58. The molecule has 1 N–H and O–H groups in total. The Morgan fingerprint density at radius 2 is 1.62 bits per heavy atom. The monoisotopic (exact) mass is 227 g/mol. The van der Waals surface area contributed by atoms with Crippen LogP contribution in [0.15, 0.2) is 0 Å². The van der Waals surface area contributed by atoms with E-state index < -0.39 is 0 Å². The van der Waals surface area contributed by atoms with E-state index in [1.54, 1.807) is 0 Å². The van der Waals surface area contributed by atoms with E-state index in [0.717, 1.165) is 38.3 Å². The molecule has 2 atom stereocenters. The molecule has 0 aromatic heterocycles. The van der Waals surface area contributed by atoms with Crippen molar-refractivity contribution in [1.29, 1.82) is 0 Å². The molecule has 2 aliphatic heterocycles. The zero-order chi connectivity index (χ0) is 11.2. The van der Waals surface area contributed by atoms with Gasteiger partial charge in [-0.1, -0.05) is 0 Å². The highest BCUT2D eigenvalue weighted by Gasteiger charge is 2.23. The summed E-state index contributed by atoms with van der Waals surface area (Å²) in [5, 5.41) is 3.48. The van der Waals surface area contributed by atoms with Crippen LogP contribution < -0.4 is 5.32 Å². The van der Waals surface area contributed by atoms with E-state index in [2.05, 4.69) is 12.4 Å². The number of ether oxygens (including phenoxy) is 2. The van der Waals surface area contributed by atoms with Crippen LogP contribution in [-0.2, 0) is 9.47 Å². The molecule has 2 rings (SSSR count). The fourth-order valence-corrected chi connectivity index (χ4v) is 2.89. The van der Waals surface area contributed by atoms with E-state index in [9.17, 15) is 0 Å². The first-order chi connectivity index (χ1) is 7.88. The van der Waals surface area contributed by atoms with Gasteiger partial charge in [0.1, 0.15) is 0 Å². The van der Waals surface area contributed by atoms with Gasteiger partial charge in [0, 0.05) is 32.5 Å². The molecule has 2 fully saturated rings. The van der Waals surface area contributed by atoms with E-state index >= 15 is 0 Å². The van der Waals surface area contributed by atoms with Gasteiger partial charge in [-0.15, -0.1) is 0 Å². The summed E-state index contributed by atoms with van der Waals surface area (Å²) in [6.07, 6.45) is 6.36. The lowest BCUT2D eigenvalue weighted by Gasteiger charge is -2.27. The molecule has 0 aromatic rings. The van der Waals surface area contributed by atoms with Crippen molar-refractivity contribution in [2.24, 2.45) is 11.8 Å². The average molecular weight is 227 g/mol. The second-order valence-electron chi connectivity index (χ2n) is 5.24. The SMILES string of the molecule is CNC(CC1CCOCC1)CC1CCOC1. The van der Waals surface area contributed by atoms with Crippen LogP contribution in [0.2, 0.25) is 0 Å². The Hall–Kier alpha value is -0.120. The molecule has 0 spiro atoms. The van der Waals surface area contributed by atoms with Gasteiger partial charge in [-0.2, -0.15) is 0 Å². The molecule has 2 unspecified atom stereocenters. The van der Waals surface area contributed by atoms with Crippen molar-refractivity contribution >= 4 is 0 Å². The maximum Gasteiger partial charge on any atom is 0.0495 e. The van der Waals surface area contributed by atoms with Crippen molar-refractivity contribution < 1.29 is 9.47 Å². The third kappa shape index (κ3) is 3.72. The van der Waals surface area contributed by atoms with Gasteiger partial charge in [0.15, 0.2) is 0 Å². The molecular formula is C13H25NO2. The standard InChI is InChI=1S/C13H25NO2/c1-14-13(9-12-4-7-16-10-12)8-11-2-5-15-6-3-11/h11-14H,2-10H2,1H3. The Labute approximate surface area is 98.9 Å². The summed E-state index contributed by atoms with van der Waals surface area (Å²) in [7, 11) is 2.10. The Morgan fingerprint density at radius 1 is 1.00 bits per heavy atom. The summed E-state index contributed by atoms with van der Waals surface area (Å²) >= 11 is 0. The molecule has 0 radical (unpaired) electrons. The predicted molar refractivity (Wildman–Crippen MR) is 64.6 cm³/mol. The average Bonchev–Trinajstić information content (AvgIpc) is 2.82. The Kier molecular flexibility index (Phi) is 5.07. The van der Waals surface area contributed by atoms with Gasteiger partial charge in [-0.3, -0.25) is 0 Å². The van der Waals surface area contributed by atoms with Gasteiger partial charge in [0.25, 0.3) is 0 Å². The molecule has 2 aliphatic rings. The number of hydrogen-bond donors (Lipinski definition) is 1. The van der Waals surface area contributed by atoms with Gasteiger partial charge in [0.05, 0.1) is 0 Å². The van der Waals surface area contributed by atoms with Crippen molar-refractivity contribution in [3.05, 3.63) is 0 Å². The van der Waals surface area contributed by atoms with Crippen LogP contribution in [0, 0.1) is 11.8 Å². The summed E-state index contributed by atoms with van der Waals surface area (Å²) in [6.45, 7) is 3.88. The molecule has 16 heavy (non-hydrogen) atoms. The van der Waals surface area contributed by atoms with Crippen LogP contribution in [-0.4, -0.2) is 39.5 Å². The van der Waals surface area contributed by atoms with Crippen molar-refractivity contribution in [3.63, 3.8) is 0 Å². The maximum atomic E-state index is 5.44. The first-order valence-electron chi connectivity index (χ1n) is 6.71. The van der Waals surface area contributed by atoms with Crippen LogP contribution in [0.5, 0.6) is 0 Å². The number of hydrogen-bond acceptors (Lipinski definition) is 3. The van der Waals surface area contributed by atoms with Crippen LogP contribution in [0.3, 0.4) is 0 Å². The first kappa shape index (κ1) is 12.3. The lowest BCUT2D eigenvalue weighted by Crippen LogP contribution is -2.32. The van der Waals surface area contributed by atoms with Crippen molar-refractivity contribution in [3.8, 4) is 0 Å². The topological polar surface area (TPSA) is 30.5 Å².